The minimum Gasteiger partial charge on any atom is -0.449 e. The molecule has 124 valence electrons. The Balaban J connectivity index is 2.43. The van der Waals surface area contributed by atoms with Crippen LogP contribution in [-0.2, 0) is 14.1 Å². The first-order valence-corrected chi connectivity index (χ1v) is 9.01. The molecule has 3 nitrogen and oxygen atoms in total. The number of hydrogen-bond donors (Lipinski definition) is 0. The van der Waals surface area contributed by atoms with Gasteiger partial charge in [-0.2, -0.15) is 0 Å². The average molecular weight is 348 g/mol. The topological polar surface area (TPSA) is 43.4 Å². The first kappa shape index (κ1) is 17.9. The maximum Gasteiger partial charge on any atom is 0.315 e. The number of hydrogen-bond acceptors (Lipinski definition) is 3. The molecule has 0 fully saturated rings. The Morgan fingerprint density at radius 1 is 1.08 bits per heavy atom. The molecule has 2 aromatic rings. The van der Waals surface area contributed by atoms with E-state index in [1.807, 2.05) is 0 Å². The van der Waals surface area contributed by atoms with Crippen LogP contribution >= 0.6 is 7.14 Å². The van der Waals surface area contributed by atoms with Gasteiger partial charge in [-0.1, -0.05) is 5.92 Å². The third-order valence-electron chi connectivity index (χ3n) is 3.38. The SMILES string of the molecule is C#CC(C)OC(=O)CP(=O)(c1ccc(F)cc1)c1ccc(F)cc1. The Kier molecular flexibility index (Phi) is 5.54. The van der Waals surface area contributed by atoms with Crippen LogP contribution in [0.5, 0.6) is 0 Å². The van der Waals surface area contributed by atoms with Crippen LogP contribution in [0.2, 0.25) is 0 Å². The lowest BCUT2D eigenvalue weighted by molar-refractivity contribution is -0.142. The van der Waals surface area contributed by atoms with Crippen LogP contribution in [0, 0.1) is 24.0 Å². The lowest BCUT2D eigenvalue weighted by atomic mass is 10.3. The maximum absolute atomic E-state index is 13.5. The highest BCUT2D eigenvalue weighted by Gasteiger charge is 2.31. The van der Waals surface area contributed by atoms with E-state index in [9.17, 15) is 18.1 Å². The molecule has 0 bridgehead atoms. The zero-order chi connectivity index (χ0) is 17.7. The molecule has 0 aliphatic heterocycles. The van der Waals surface area contributed by atoms with E-state index in [0.717, 1.165) is 24.3 Å². The van der Waals surface area contributed by atoms with Crippen LogP contribution in [0.3, 0.4) is 0 Å². The zero-order valence-corrected chi connectivity index (χ0v) is 13.8. The molecule has 2 aromatic carbocycles. The van der Waals surface area contributed by atoms with Crippen molar-refractivity contribution in [1.82, 2.24) is 0 Å². The summed E-state index contributed by atoms with van der Waals surface area (Å²) in [6.07, 6.45) is 3.95. The third-order valence-corrected chi connectivity index (χ3v) is 6.35. The number of terminal acetylenes is 1. The molecule has 0 aliphatic rings. The molecule has 6 heteroatoms. The summed E-state index contributed by atoms with van der Waals surface area (Å²) >= 11 is 0. The molecule has 24 heavy (non-hydrogen) atoms. The van der Waals surface area contributed by atoms with E-state index in [1.165, 1.54) is 31.2 Å². The zero-order valence-electron chi connectivity index (χ0n) is 12.9. The number of rotatable bonds is 5. The van der Waals surface area contributed by atoms with Gasteiger partial charge in [-0.05, 0) is 55.5 Å². The van der Waals surface area contributed by atoms with Crippen molar-refractivity contribution in [2.75, 3.05) is 6.16 Å². The Labute approximate surface area is 139 Å². The van der Waals surface area contributed by atoms with E-state index in [1.54, 1.807) is 0 Å². The first-order valence-electron chi connectivity index (χ1n) is 7.12. The van der Waals surface area contributed by atoms with Crippen molar-refractivity contribution in [1.29, 1.82) is 0 Å². The quantitative estimate of drug-likeness (QED) is 0.474. The largest absolute Gasteiger partial charge is 0.449 e. The molecule has 0 saturated heterocycles. The number of benzene rings is 2. The second-order valence-electron chi connectivity index (χ2n) is 5.15. The molecule has 0 spiro atoms. The first-order chi connectivity index (χ1) is 11.3. The summed E-state index contributed by atoms with van der Waals surface area (Å²) in [5.41, 5.74) is 0. The molecular formula is C18H15F2O3P. The molecule has 2 rings (SSSR count). The van der Waals surface area contributed by atoms with Gasteiger partial charge < -0.3 is 9.30 Å². The fourth-order valence-corrected chi connectivity index (χ4v) is 4.51. The van der Waals surface area contributed by atoms with E-state index in [0.29, 0.717) is 0 Å². The van der Waals surface area contributed by atoms with Gasteiger partial charge in [0.25, 0.3) is 0 Å². The molecule has 0 saturated carbocycles. The average Bonchev–Trinajstić information content (AvgIpc) is 2.55. The second-order valence-corrected chi connectivity index (χ2v) is 7.98. The van der Waals surface area contributed by atoms with Crippen molar-refractivity contribution in [2.45, 2.75) is 13.0 Å². The van der Waals surface area contributed by atoms with Gasteiger partial charge >= 0.3 is 5.97 Å². The van der Waals surface area contributed by atoms with Crippen molar-refractivity contribution in [3.05, 3.63) is 60.2 Å². The number of carbonyl (C=O) groups excluding carboxylic acids is 1. The van der Waals surface area contributed by atoms with Crippen LogP contribution in [-0.4, -0.2) is 18.2 Å². The van der Waals surface area contributed by atoms with Gasteiger partial charge in [0, 0.05) is 10.6 Å². The van der Waals surface area contributed by atoms with Crippen LogP contribution in [0.1, 0.15) is 6.92 Å². The third kappa shape index (κ3) is 4.10. The Morgan fingerprint density at radius 2 is 1.50 bits per heavy atom. The van der Waals surface area contributed by atoms with E-state index in [-0.39, 0.29) is 10.6 Å². The molecule has 0 radical (unpaired) electrons. The summed E-state index contributed by atoms with van der Waals surface area (Å²) in [6.45, 7) is 1.51. The fourth-order valence-electron chi connectivity index (χ4n) is 2.15. The molecule has 1 atom stereocenters. The van der Waals surface area contributed by atoms with Crippen molar-refractivity contribution in [3.8, 4) is 12.3 Å². The Morgan fingerprint density at radius 3 is 1.88 bits per heavy atom. The smallest absolute Gasteiger partial charge is 0.315 e. The molecule has 0 aromatic heterocycles. The predicted molar refractivity (Wildman–Crippen MR) is 88.9 cm³/mol. The monoisotopic (exact) mass is 348 g/mol. The Bertz CT molecular complexity index is 758. The predicted octanol–water partition coefficient (Wildman–Crippen LogP) is 2.84. The van der Waals surface area contributed by atoms with Gasteiger partial charge in [0.2, 0.25) is 0 Å². The molecule has 0 amide bonds. The molecule has 0 aliphatic carbocycles. The van der Waals surface area contributed by atoms with E-state index < -0.39 is 37.0 Å². The number of carbonyl (C=O) groups is 1. The van der Waals surface area contributed by atoms with Crippen LogP contribution in [0.4, 0.5) is 8.78 Å². The van der Waals surface area contributed by atoms with E-state index in [4.69, 9.17) is 11.2 Å². The Hall–Kier alpha value is -2.44. The lowest BCUT2D eigenvalue weighted by Gasteiger charge is -2.19. The van der Waals surface area contributed by atoms with Crippen LogP contribution in [0.25, 0.3) is 0 Å². The van der Waals surface area contributed by atoms with Gasteiger partial charge in [0.1, 0.15) is 17.8 Å². The van der Waals surface area contributed by atoms with Crippen molar-refractivity contribution in [3.63, 3.8) is 0 Å². The minimum atomic E-state index is -3.46. The highest BCUT2D eigenvalue weighted by Crippen LogP contribution is 2.43. The molecule has 1 unspecified atom stereocenters. The summed E-state index contributed by atoms with van der Waals surface area (Å²) in [6, 6.07) is 9.99. The van der Waals surface area contributed by atoms with Crippen molar-refractivity contribution in [2.24, 2.45) is 0 Å². The summed E-state index contributed by atoms with van der Waals surface area (Å²) in [5, 5.41) is 0.557. The van der Waals surface area contributed by atoms with E-state index >= 15 is 0 Å². The number of ether oxygens (including phenoxy) is 1. The fraction of sp³-hybridized carbons (Fsp3) is 0.167. The number of esters is 1. The standard InChI is InChI=1S/C18H15F2O3P/c1-3-13(2)23-18(21)12-24(22,16-8-4-14(19)5-9-16)17-10-6-15(20)7-11-17/h1,4-11,13H,12H2,2H3. The highest BCUT2D eigenvalue weighted by atomic mass is 31.2. The molecular weight excluding hydrogens is 333 g/mol. The van der Waals surface area contributed by atoms with E-state index in [2.05, 4.69) is 5.92 Å². The summed E-state index contributed by atoms with van der Waals surface area (Å²) in [7, 11) is -3.46. The summed E-state index contributed by atoms with van der Waals surface area (Å²) < 4.78 is 44.8. The van der Waals surface area contributed by atoms with Gasteiger partial charge in [-0.3, -0.25) is 4.79 Å². The van der Waals surface area contributed by atoms with Gasteiger partial charge in [-0.25, -0.2) is 8.78 Å². The van der Waals surface area contributed by atoms with Crippen LogP contribution < -0.4 is 10.6 Å². The summed E-state index contributed by atoms with van der Waals surface area (Å²) in [5.74, 6) is 0.520. The van der Waals surface area contributed by atoms with Gasteiger partial charge in [0.05, 0.1) is 0 Å². The second kappa shape index (κ2) is 7.42. The minimum absolute atomic E-state index is 0.279. The molecule has 0 heterocycles. The lowest BCUT2D eigenvalue weighted by Crippen LogP contribution is -2.25. The number of halogens is 2. The normalized spacial score (nSPS) is 12.2. The molecule has 0 N–H and O–H groups in total. The van der Waals surface area contributed by atoms with Crippen molar-refractivity contribution < 1.29 is 22.9 Å². The van der Waals surface area contributed by atoms with Crippen LogP contribution in [0.15, 0.2) is 48.5 Å². The maximum atomic E-state index is 13.5. The van der Waals surface area contributed by atoms with Crippen molar-refractivity contribution >= 4 is 23.7 Å². The highest BCUT2D eigenvalue weighted by molar-refractivity contribution is 7.79. The van der Waals surface area contributed by atoms with Gasteiger partial charge in [-0.15, -0.1) is 6.42 Å². The summed E-state index contributed by atoms with van der Waals surface area (Å²) in [4.78, 5) is 12.1. The van der Waals surface area contributed by atoms with Gasteiger partial charge in [0.15, 0.2) is 13.2 Å².